The summed E-state index contributed by atoms with van der Waals surface area (Å²) in [5, 5.41) is 0. The molecular weight excluding hydrogens is 224 g/mol. The summed E-state index contributed by atoms with van der Waals surface area (Å²) in [4.78, 5) is 0.703. The quantitative estimate of drug-likeness (QED) is 0.705. The van der Waals surface area contributed by atoms with Crippen LogP contribution in [0.1, 0.15) is 24.0 Å². The molecule has 1 aliphatic carbocycles. The van der Waals surface area contributed by atoms with Gasteiger partial charge in [0.05, 0.1) is 0 Å². The Morgan fingerprint density at radius 2 is 2.23 bits per heavy atom. The molecule has 1 heteroatoms. The van der Waals surface area contributed by atoms with E-state index in [0.29, 0.717) is 4.83 Å². The molecule has 1 aliphatic rings. The average Bonchev–Trinajstić information content (AvgIpc) is 2.85. The zero-order valence-corrected chi connectivity index (χ0v) is 9.55. The van der Waals surface area contributed by atoms with Crippen molar-refractivity contribution in [2.24, 2.45) is 5.92 Å². The van der Waals surface area contributed by atoms with Crippen LogP contribution in [-0.2, 0) is 6.42 Å². The molecule has 0 nitrogen and oxygen atoms in total. The predicted octanol–water partition coefficient (Wildman–Crippen LogP) is 3.71. The van der Waals surface area contributed by atoms with Gasteiger partial charge in [-0.1, -0.05) is 45.8 Å². The van der Waals surface area contributed by atoms with Crippen LogP contribution in [0.5, 0.6) is 0 Å². The molecule has 1 fully saturated rings. The van der Waals surface area contributed by atoms with Gasteiger partial charge in [-0.15, -0.1) is 0 Å². The Bertz CT molecular complexity index is 289. The maximum Gasteiger partial charge on any atom is 0.0214 e. The second-order valence-corrected chi connectivity index (χ2v) is 5.22. The molecule has 0 spiro atoms. The summed E-state index contributed by atoms with van der Waals surface area (Å²) in [6.07, 6.45) is 4.02. The van der Waals surface area contributed by atoms with E-state index in [0.717, 1.165) is 5.92 Å². The van der Waals surface area contributed by atoms with E-state index in [4.69, 9.17) is 0 Å². The van der Waals surface area contributed by atoms with Gasteiger partial charge >= 0.3 is 0 Å². The minimum atomic E-state index is 0.703. The van der Waals surface area contributed by atoms with Crippen LogP contribution < -0.4 is 0 Å². The summed E-state index contributed by atoms with van der Waals surface area (Å²) in [5.41, 5.74) is 2.83. The van der Waals surface area contributed by atoms with E-state index in [1.807, 2.05) is 0 Å². The fourth-order valence-corrected chi connectivity index (χ4v) is 2.59. The molecule has 1 aromatic rings. The van der Waals surface area contributed by atoms with E-state index >= 15 is 0 Å². The van der Waals surface area contributed by atoms with Crippen LogP contribution in [0.3, 0.4) is 0 Å². The zero-order chi connectivity index (χ0) is 9.26. The van der Waals surface area contributed by atoms with Gasteiger partial charge in [-0.25, -0.2) is 0 Å². The van der Waals surface area contributed by atoms with Gasteiger partial charge in [-0.3, -0.25) is 0 Å². The summed E-state index contributed by atoms with van der Waals surface area (Å²) >= 11 is 3.77. The lowest BCUT2D eigenvalue weighted by Crippen LogP contribution is -2.04. The van der Waals surface area contributed by atoms with Crippen LogP contribution in [0.4, 0.5) is 0 Å². The molecule has 0 saturated heterocycles. The van der Waals surface area contributed by atoms with Crippen LogP contribution in [0, 0.1) is 12.8 Å². The van der Waals surface area contributed by atoms with Crippen molar-refractivity contribution < 1.29 is 0 Å². The summed E-state index contributed by atoms with van der Waals surface area (Å²) in [6.45, 7) is 2.16. The van der Waals surface area contributed by atoms with Crippen molar-refractivity contribution in [3.63, 3.8) is 0 Å². The number of benzene rings is 1. The molecule has 2 rings (SSSR count). The molecule has 1 atom stereocenters. The largest absolute Gasteiger partial charge is 0.0884 e. The third-order valence-electron chi connectivity index (χ3n) is 2.65. The van der Waals surface area contributed by atoms with Gasteiger partial charge in [0, 0.05) is 4.83 Å². The van der Waals surface area contributed by atoms with Gasteiger partial charge in [0.2, 0.25) is 0 Å². The number of alkyl halides is 1. The minimum Gasteiger partial charge on any atom is -0.0884 e. The van der Waals surface area contributed by atoms with Crippen molar-refractivity contribution in [2.45, 2.75) is 31.0 Å². The third kappa shape index (κ3) is 2.57. The lowest BCUT2D eigenvalue weighted by atomic mass is 10.1. The summed E-state index contributed by atoms with van der Waals surface area (Å²) < 4.78 is 0. The first-order valence-electron chi connectivity index (χ1n) is 4.95. The van der Waals surface area contributed by atoms with Crippen molar-refractivity contribution in [2.75, 3.05) is 0 Å². The third-order valence-corrected chi connectivity index (χ3v) is 3.72. The summed E-state index contributed by atoms with van der Waals surface area (Å²) in [7, 11) is 0. The van der Waals surface area contributed by atoms with E-state index in [1.165, 1.54) is 30.4 Å². The second-order valence-electron chi connectivity index (χ2n) is 4.05. The van der Waals surface area contributed by atoms with E-state index < -0.39 is 0 Å². The Labute approximate surface area is 88.5 Å². The van der Waals surface area contributed by atoms with Gasteiger partial charge in [-0.05, 0) is 37.7 Å². The Kier molecular flexibility index (Phi) is 2.73. The fourth-order valence-electron chi connectivity index (χ4n) is 1.69. The Morgan fingerprint density at radius 3 is 2.85 bits per heavy atom. The average molecular weight is 239 g/mol. The first-order chi connectivity index (χ1) is 6.25. The zero-order valence-electron chi connectivity index (χ0n) is 7.96. The van der Waals surface area contributed by atoms with Crippen molar-refractivity contribution >= 4 is 15.9 Å². The van der Waals surface area contributed by atoms with E-state index in [2.05, 4.69) is 47.1 Å². The Hall–Kier alpha value is -0.300. The highest BCUT2D eigenvalue weighted by Crippen LogP contribution is 2.38. The molecule has 0 aromatic heterocycles. The lowest BCUT2D eigenvalue weighted by Gasteiger charge is -2.08. The van der Waals surface area contributed by atoms with Crippen LogP contribution in [-0.4, -0.2) is 4.83 Å². The van der Waals surface area contributed by atoms with E-state index in [9.17, 15) is 0 Å². The number of halogens is 1. The second kappa shape index (κ2) is 3.83. The Balaban J connectivity index is 2.00. The van der Waals surface area contributed by atoms with Crippen LogP contribution in [0.2, 0.25) is 0 Å². The molecular formula is C12H15Br. The molecule has 0 amide bonds. The summed E-state index contributed by atoms with van der Waals surface area (Å²) in [6, 6.07) is 8.82. The van der Waals surface area contributed by atoms with Crippen LogP contribution in [0.15, 0.2) is 24.3 Å². The number of aryl methyl sites for hydroxylation is 1. The molecule has 1 saturated carbocycles. The molecule has 0 heterocycles. The highest BCUT2D eigenvalue weighted by atomic mass is 79.9. The van der Waals surface area contributed by atoms with Gasteiger partial charge in [0.25, 0.3) is 0 Å². The molecule has 1 unspecified atom stereocenters. The molecule has 70 valence electrons. The SMILES string of the molecule is Cc1cccc(CC(Br)C2CC2)c1. The summed E-state index contributed by atoms with van der Waals surface area (Å²) in [5.74, 6) is 0.945. The maximum absolute atomic E-state index is 3.77. The predicted molar refractivity (Wildman–Crippen MR) is 60.3 cm³/mol. The number of rotatable bonds is 3. The minimum absolute atomic E-state index is 0.703. The fraction of sp³-hybridized carbons (Fsp3) is 0.500. The molecule has 13 heavy (non-hydrogen) atoms. The van der Waals surface area contributed by atoms with Gasteiger partial charge < -0.3 is 0 Å². The van der Waals surface area contributed by atoms with E-state index in [1.54, 1.807) is 0 Å². The number of hydrogen-bond acceptors (Lipinski definition) is 0. The highest BCUT2D eigenvalue weighted by Gasteiger charge is 2.28. The van der Waals surface area contributed by atoms with Gasteiger partial charge in [-0.2, -0.15) is 0 Å². The normalized spacial score (nSPS) is 18.6. The molecule has 0 aliphatic heterocycles. The number of hydrogen-bond donors (Lipinski definition) is 0. The maximum atomic E-state index is 3.77. The van der Waals surface area contributed by atoms with Crippen LogP contribution >= 0.6 is 15.9 Å². The van der Waals surface area contributed by atoms with Crippen molar-refractivity contribution in [1.82, 2.24) is 0 Å². The van der Waals surface area contributed by atoms with Gasteiger partial charge in [0.15, 0.2) is 0 Å². The molecule has 0 bridgehead atoms. The highest BCUT2D eigenvalue weighted by molar-refractivity contribution is 9.09. The molecule has 1 aromatic carbocycles. The lowest BCUT2D eigenvalue weighted by molar-refractivity contribution is 0.760. The smallest absolute Gasteiger partial charge is 0.0214 e. The monoisotopic (exact) mass is 238 g/mol. The topological polar surface area (TPSA) is 0 Å². The van der Waals surface area contributed by atoms with E-state index in [-0.39, 0.29) is 0 Å². The standard InChI is InChI=1S/C12H15Br/c1-9-3-2-4-10(7-9)8-12(13)11-5-6-11/h2-4,7,11-12H,5-6,8H2,1H3. The Morgan fingerprint density at radius 1 is 1.46 bits per heavy atom. The molecule has 0 radical (unpaired) electrons. The first-order valence-corrected chi connectivity index (χ1v) is 5.87. The first kappa shape index (κ1) is 9.26. The van der Waals surface area contributed by atoms with Crippen molar-refractivity contribution in [3.8, 4) is 0 Å². The van der Waals surface area contributed by atoms with Gasteiger partial charge in [0.1, 0.15) is 0 Å². The molecule has 0 N–H and O–H groups in total. The van der Waals surface area contributed by atoms with Crippen molar-refractivity contribution in [3.05, 3.63) is 35.4 Å². The van der Waals surface area contributed by atoms with Crippen molar-refractivity contribution in [1.29, 1.82) is 0 Å². The van der Waals surface area contributed by atoms with Crippen LogP contribution in [0.25, 0.3) is 0 Å².